The lowest BCUT2D eigenvalue weighted by Gasteiger charge is -2.39. The molecule has 0 radical (unpaired) electrons. The summed E-state index contributed by atoms with van der Waals surface area (Å²) in [7, 11) is 0. The Hall–Kier alpha value is -3.07. The predicted molar refractivity (Wildman–Crippen MR) is 107 cm³/mol. The molecule has 0 bridgehead atoms. The smallest absolute Gasteiger partial charge is 0.319 e. The van der Waals surface area contributed by atoms with Crippen molar-refractivity contribution < 1.29 is 27.8 Å². The molecule has 0 saturated heterocycles. The molecule has 2 aromatic rings. The standard InChI is InChI=1S/C20H18ClF2N3O4/c21-11-4-5-12-15(7-20(9-22,10-23)30-16(12)6-11)26-19(28)25-14-3-1-2-13-18(14)29-8-17(27)24-13/h1-6,15H,7-10H2,(H,24,27)(H2,25,26,28)/t15-/m1/s1. The quantitative estimate of drug-likeness (QED) is 0.674. The third-order valence-corrected chi connectivity index (χ3v) is 5.17. The fraction of sp³-hybridized carbons (Fsp3) is 0.300. The number of fused-ring (bicyclic) bond motifs is 2. The van der Waals surface area contributed by atoms with Crippen molar-refractivity contribution in [1.82, 2.24) is 5.32 Å². The summed E-state index contributed by atoms with van der Waals surface area (Å²) in [6.07, 6.45) is -0.0957. The van der Waals surface area contributed by atoms with Gasteiger partial charge in [-0.15, -0.1) is 0 Å². The van der Waals surface area contributed by atoms with Crippen LogP contribution >= 0.6 is 11.6 Å². The van der Waals surface area contributed by atoms with E-state index in [4.69, 9.17) is 21.1 Å². The van der Waals surface area contributed by atoms with Gasteiger partial charge in [-0.1, -0.05) is 23.7 Å². The summed E-state index contributed by atoms with van der Waals surface area (Å²) in [4.78, 5) is 24.1. The van der Waals surface area contributed by atoms with Gasteiger partial charge in [0.25, 0.3) is 5.91 Å². The van der Waals surface area contributed by atoms with Gasteiger partial charge in [-0.05, 0) is 24.3 Å². The second-order valence-corrected chi connectivity index (χ2v) is 7.55. The molecule has 0 spiro atoms. The summed E-state index contributed by atoms with van der Waals surface area (Å²) in [6, 6.07) is 8.30. The van der Waals surface area contributed by atoms with Crippen LogP contribution in [0.5, 0.6) is 11.5 Å². The SMILES string of the molecule is O=C1COc2c(cccc2NC(=O)N[C@@H]2CC(CF)(CF)Oc3cc(Cl)ccc32)N1. The average Bonchev–Trinajstić information content (AvgIpc) is 2.73. The van der Waals surface area contributed by atoms with Crippen molar-refractivity contribution in [1.29, 1.82) is 0 Å². The zero-order chi connectivity index (χ0) is 21.3. The second kappa shape index (κ2) is 7.98. The van der Waals surface area contributed by atoms with Crippen LogP contribution in [-0.4, -0.2) is 37.5 Å². The van der Waals surface area contributed by atoms with Gasteiger partial charge in [-0.2, -0.15) is 0 Å². The van der Waals surface area contributed by atoms with Gasteiger partial charge in [0.1, 0.15) is 19.1 Å². The molecular weight excluding hydrogens is 420 g/mol. The normalized spacial score (nSPS) is 18.8. The van der Waals surface area contributed by atoms with Crippen LogP contribution in [0.1, 0.15) is 18.0 Å². The van der Waals surface area contributed by atoms with Gasteiger partial charge in [0.15, 0.2) is 18.0 Å². The number of carbonyl (C=O) groups is 2. The highest BCUT2D eigenvalue weighted by Gasteiger charge is 2.42. The highest BCUT2D eigenvalue weighted by atomic mass is 35.5. The summed E-state index contributed by atoms with van der Waals surface area (Å²) < 4.78 is 38.2. The summed E-state index contributed by atoms with van der Waals surface area (Å²) in [5.41, 5.74) is -0.361. The van der Waals surface area contributed by atoms with Crippen molar-refractivity contribution in [2.24, 2.45) is 0 Å². The second-order valence-electron chi connectivity index (χ2n) is 7.11. The van der Waals surface area contributed by atoms with E-state index in [9.17, 15) is 18.4 Å². The summed E-state index contributed by atoms with van der Waals surface area (Å²) in [5, 5.41) is 8.39. The van der Waals surface area contributed by atoms with Gasteiger partial charge >= 0.3 is 6.03 Å². The largest absolute Gasteiger partial charge is 0.481 e. The van der Waals surface area contributed by atoms with Gasteiger partial charge in [-0.3, -0.25) is 4.79 Å². The van der Waals surface area contributed by atoms with E-state index in [-0.39, 0.29) is 24.7 Å². The van der Waals surface area contributed by atoms with Crippen LogP contribution in [0.2, 0.25) is 5.02 Å². The topological polar surface area (TPSA) is 88.7 Å². The van der Waals surface area contributed by atoms with Crippen LogP contribution in [-0.2, 0) is 4.79 Å². The lowest BCUT2D eigenvalue weighted by molar-refractivity contribution is -0.118. The molecule has 0 aromatic heterocycles. The van der Waals surface area contributed by atoms with E-state index >= 15 is 0 Å². The van der Waals surface area contributed by atoms with Crippen molar-refractivity contribution in [3.63, 3.8) is 0 Å². The molecule has 158 valence electrons. The molecule has 0 aliphatic carbocycles. The molecule has 7 nitrogen and oxygen atoms in total. The van der Waals surface area contributed by atoms with Crippen LogP contribution in [0.25, 0.3) is 0 Å². The number of anilines is 2. The first-order valence-corrected chi connectivity index (χ1v) is 9.54. The number of halogens is 3. The number of urea groups is 1. The lowest BCUT2D eigenvalue weighted by atomic mass is 9.88. The molecule has 0 saturated carbocycles. The number of benzene rings is 2. The molecule has 10 heteroatoms. The van der Waals surface area contributed by atoms with E-state index in [2.05, 4.69) is 16.0 Å². The Morgan fingerprint density at radius 1 is 1.27 bits per heavy atom. The molecule has 3 amide bonds. The Morgan fingerprint density at radius 3 is 2.83 bits per heavy atom. The number of carbonyl (C=O) groups excluding carboxylic acids is 2. The van der Waals surface area contributed by atoms with Crippen molar-refractivity contribution >= 4 is 34.9 Å². The Morgan fingerprint density at radius 2 is 2.07 bits per heavy atom. The number of nitrogens with one attached hydrogen (secondary N) is 3. The van der Waals surface area contributed by atoms with Crippen molar-refractivity contribution in [2.75, 3.05) is 30.6 Å². The number of hydrogen-bond donors (Lipinski definition) is 3. The molecule has 30 heavy (non-hydrogen) atoms. The van der Waals surface area contributed by atoms with Gasteiger partial charge in [0.2, 0.25) is 0 Å². The maximum absolute atomic E-state index is 13.6. The van der Waals surface area contributed by atoms with Gasteiger partial charge < -0.3 is 25.4 Å². The number of hydrogen-bond acceptors (Lipinski definition) is 4. The minimum atomic E-state index is -1.70. The Kier molecular flexibility index (Phi) is 5.38. The Labute approximate surface area is 175 Å². The van der Waals surface area contributed by atoms with Crippen LogP contribution in [0.3, 0.4) is 0 Å². The van der Waals surface area contributed by atoms with E-state index in [0.717, 1.165) is 0 Å². The van der Waals surface area contributed by atoms with E-state index < -0.39 is 31.0 Å². The number of rotatable bonds is 4. The van der Waals surface area contributed by atoms with Crippen molar-refractivity contribution in [2.45, 2.75) is 18.1 Å². The van der Waals surface area contributed by atoms with Crippen molar-refractivity contribution in [3.05, 3.63) is 47.0 Å². The van der Waals surface area contributed by atoms with Crippen molar-refractivity contribution in [3.8, 4) is 11.5 Å². The monoisotopic (exact) mass is 437 g/mol. The van der Waals surface area contributed by atoms with Gasteiger partial charge in [0, 0.05) is 17.0 Å². The van der Waals surface area contributed by atoms with Gasteiger partial charge in [-0.25, -0.2) is 13.6 Å². The summed E-state index contributed by atoms with van der Waals surface area (Å²) in [6.45, 7) is -2.29. The molecule has 4 rings (SSSR count). The molecule has 2 aliphatic rings. The average molecular weight is 438 g/mol. The van der Waals surface area contributed by atoms with Gasteiger partial charge in [0.05, 0.1) is 17.4 Å². The fourth-order valence-electron chi connectivity index (χ4n) is 3.50. The highest BCUT2D eigenvalue weighted by molar-refractivity contribution is 6.30. The summed E-state index contributed by atoms with van der Waals surface area (Å²) >= 11 is 5.98. The van der Waals surface area contributed by atoms with Crippen LogP contribution in [0.4, 0.5) is 25.0 Å². The van der Waals surface area contributed by atoms with E-state index in [1.807, 2.05) is 0 Å². The summed E-state index contributed by atoms with van der Waals surface area (Å²) in [5.74, 6) is 0.251. The fourth-order valence-corrected chi connectivity index (χ4v) is 3.66. The van der Waals surface area contributed by atoms with Crippen LogP contribution < -0.4 is 25.4 Å². The third kappa shape index (κ3) is 3.85. The van der Waals surface area contributed by atoms with E-state index in [0.29, 0.717) is 27.7 Å². The minimum Gasteiger partial charge on any atom is -0.481 e. The molecular formula is C20H18ClF2N3O4. The number of alkyl halides is 2. The zero-order valence-electron chi connectivity index (χ0n) is 15.6. The zero-order valence-corrected chi connectivity index (χ0v) is 16.4. The molecule has 2 aliphatic heterocycles. The molecule has 0 unspecified atom stereocenters. The van der Waals surface area contributed by atoms with E-state index in [1.54, 1.807) is 30.3 Å². The maximum atomic E-state index is 13.6. The predicted octanol–water partition coefficient (Wildman–Crippen LogP) is 3.99. The molecule has 2 heterocycles. The van der Waals surface area contributed by atoms with Crippen LogP contribution in [0.15, 0.2) is 36.4 Å². The number of ether oxygens (including phenoxy) is 2. The maximum Gasteiger partial charge on any atom is 0.319 e. The van der Waals surface area contributed by atoms with E-state index in [1.165, 1.54) is 6.07 Å². The molecule has 2 aromatic carbocycles. The third-order valence-electron chi connectivity index (χ3n) is 4.93. The minimum absolute atomic E-state index is 0.0957. The molecule has 0 fully saturated rings. The first-order chi connectivity index (χ1) is 14.4. The highest BCUT2D eigenvalue weighted by Crippen LogP contribution is 2.42. The first kappa shape index (κ1) is 20.2. The Bertz CT molecular complexity index is 1000. The number of para-hydroxylation sites is 1. The first-order valence-electron chi connectivity index (χ1n) is 9.16. The lowest BCUT2D eigenvalue weighted by Crippen LogP contribution is -2.49. The molecule has 3 N–H and O–H groups in total. The molecule has 1 atom stereocenters. The van der Waals surface area contributed by atoms with Crippen LogP contribution in [0, 0.1) is 0 Å². The Balaban J connectivity index is 1.56. The number of amides is 3.